The highest BCUT2D eigenvalue weighted by molar-refractivity contribution is 6.07. The zero-order valence-corrected chi connectivity index (χ0v) is 37.6. The number of hydrogen-bond acceptors (Lipinski definition) is 20. The van der Waals surface area contributed by atoms with E-state index in [4.69, 9.17) is 47.0 Å². The van der Waals surface area contributed by atoms with Crippen LogP contribution in [0.15, 0.2) is 27.4 Å². The Bertz CT molecular complexity index is 2590. The summed E-state index contributed by atoms with van der Waals surface area (Å²) in [5.41, 5.74) is -2.11. The Morgan fingerprint density at radius 1 is 0.731 bits per heavy atom. The summed E-state index contributed by atoms with van der Waals surface area (Å²) in [5, 5.41) is 90.2. The highest BCUT2D eigenvalue weighted by Crippen LogP contribution is 2.58. The van der Waals surface area contributed by atoms with Gasteiger partial charge in [0, 0.05) is 49.5 Å². The first-order valence-corrected chi connectivity index (χ1v) is 22.5. The summed E-state index contributed by atoms with van der Waals surface area (Å²) in [4.78, 5) is 27.8. The first-order chi connectivity index (χ1) is 31.9. The number of esters is 1. The van der Waals surface area contributed by atoms with E-state index in [-0.39, 0.29) is 76.2 Å². The zero-order chi connectivity index (χ0) is 47.9. The van der Waals surface area contributed by atoms with Gasteiger partial charge in [-0.05, 0) is 50.5 Å². The van der Waals surface area contributed by atoms with Gasteiger partial charge in [-0.3, -0.25) is 4.79 Å². The number of carbonyl (C=O) groups is 1. The molecular formula is C47H56O20. The van der Waals surface area contributed by atoms with E-state index in [1.54, 1.807) is 20.8 Å². The summed E-state index contributed by atoms with van der Waals surface area (Å²) in [6.07, 6.45) is -12.6. The fourth-order valence-electron chi connectivity index (χ4n) is 10.3. The van der Waals surface area contributed by atoms with Gasteiger partial charge in [-0.1, -0.05) is 19.4 Å². The molecule has 8 N–H and O–H groups in total. The van der Waals surface area contributed by atoms with Crippen LogP contribution in [-0.4, -0.2) is 141 Å². The van der Waals surface area contributed by atoms with Crippen LogP contribution in [-0.2, 0) is 39.6 Å². The second-order valence-electron chi connectivity index (χ2n) is 18.0. The Kier molecular flexibility index (Phi) is 12.9. The van der Waals surface area contributed by atoms with Crippen LogP contribution in [0.3, 0.4) is 0 Å². The predicted octanol–water partition coefficient (Wildman–Crippen LogP) is 3.35. The summed E-state index contributed by atoms with van der Waals surface area (Å²) in [6.45, 7) is 6.97. The molecule has 15 atom stereocenters. The highest BCUT2D eigenvalue weighted by Gasteiger charge is 2.47. The zero-order valence-electron chi connectivity index (χ0n) is 37.6. The number of rotatable bonds is 10. The van der Waals surface area contributed by atoms with Crippen molar-refractivity contribution >= 4 is 27.9 Å². The third kappa shape index (κ3) is 8.04. The second kappa shape index (κ2) is 18.2. The van der Waals surface area contributed by atoms with Crippen molar-refractivity contribution in [1.82, 2.24) is 0 Å². The number of aliphatic hydroxyl groups is 5. The van der Waals surface area contributed by atoms with Gasteiger partial charge in [0.2, 0.25) is 11.7 Å². The highest BCUT2D eigenvalue weighted by atomic mass is 16.7. The summed E-state index contributed by atoms with van der Waals surface area (Å²) in [7, 11) is 2.70. The van der Waals surface area contributed by atoms with E-state index in [1.165, 1.54) is 32.4 Å². The van der Waals surface area contributed by atoms with E-state index in [1.807, 2.05) is 6.92 Å². The number of ether oxygens (including phenoxy) is 9. The molecule has 20 heteroatoms. The Morgan fingerprint density at radius 2 is 1.37 bits per heavy atom. The van der Waals surface area contributed by atoms with E-state index in [9.17, 15) is 50.4 Å². The Morgan fingerprint density at radius 3 is 2.01 bits per heavy atom. The summed E-state index contributed by atoms with van der Waals surface area (Å²) >= 11 is 0. The molecule has 4 aromatic rings. The van der Waals surface area contributed by atoms with E-state index < -0.39 is 132 Å². The van der Waals surface area contributed by atoms with Crippen molar-refractivity contribution in [3.63, 3.8) is 0 Å². The Labute approximate surface area is 383 Å². The molecule has 5 heterocycles. The van der Waals surface area contributed by atoms with Crippen LogP contribution in [0.2, 0.25) is 0 Å². The summed E-state index contributed by atoms with van der Waals surface area (Å²) < 4.78 is 58.8. The fourth-order valence-corrected chi connectivity index (χ4v) is 10.3. The molecule has 364 valence electrons. The molecule has 0 bridgehead atoms. The molecule has 0 spiro atoms. The smallest absolute Gasteiger partial charge is 0.342 e. The lowest BCUT2D eigenvalue weighted by Crippen LogP contribution is -2.56. The van der Waals surface area contributed by atoms with Gasteiger partial charge in [0.05, 0.1) is 43.7 Å². The Hall–Kier alpha value is -4.84. The van der Waals surface area contributed by atoms with Gasteiger partial charge in [0.25, 0.3) is 0 Å². The maximum absolute atomic E-state index is 14.5. The van der Waals surface area contributed by atoms with Crippen molar-refractivity contribution in [1.29, 1.82) is 0 Å². The molecule has 0 saturated carbocycles. The van der Waals surface area contributed by atoms with E-state index in [2.05, 4.69) is 0 Å². The van der Waals surface area contributed by atoms with Crippen LogP contribution in [0.5, 0.6) is 28.7 Å². The van der Waals surface area contributed by atoms with E-state index >= 15 is 0 Å². The minimum atomic E-state index is -1.76. The van der Waals surface area contributed by atoms with Crippen LogP contribution in [0, 0.1) is 0 Å². The quantitative estimate of drug-likeness (QED) is 0.0835. The molecule has 0 amide bonds. The first-order valence-electron chi connectivity index (χ1n) is 22.5. The molecule has 3 saturated heterocycles. The maximum Gasteiger partial charge on any atom is 0.342 e. The van der Waals surface area contributed by atoms with Gasteiger partial charge < -0.3 is 87.9 Å². The van der Waals surface area contributed by atoms with E-state index in [0.29, 0.717) is 12.0 Å². The third-order valence-corrected chi connectivity index (χ3v) is 13.6. The number of phenolic OH excluding ortho intramolecular Hbond substituents is 3. The van der Waals surface area contributed by atoms with Crippen LogP contribution < -0.4 is 14.9 Å². The number of phenols is 3. The monoisotopic (exact) mass is 940 g/mol. The normalized spacial score (nSPS) is 34.0. The van der Waals surface area contributed by atoms with Gasteiger partial charge >= 0.3 is 5.97 Å². The van der Waals surface area contributed by atoms with Crippen LogP contribution in [0.4, 0.5) is 0 Å². The van der Waals surface area contributed by atoms with Gasteiger partial charge in [-0.2, -0.15) is 0 Å². The molecule has 3 unspecified atom stereocenters. The SMILES string of the molecule is CCCC1Cc2cc3c(c(O)c2C(=O)O1)-c1c(c(OC)c2oc4ccc(O[C@H]5C[C@@H](O)[C@H](O[C@H]6C[C@@H](O)[C@H](O[C@H]7C[C@H](OC)[C@H](O)[C@@H](C)O7)[C@@H](C)O6)[C@@H](C)O5)c(O)c4c(=O)c2c1O)C(O)C3O. The van der Waals surface area contributed by atoms with Crippen LogP contribution in [0.25, 0.3) is 33.1 Å². The lowest BCUT2D eigenvalue weighted by atomic mass is 9.77. The van der Waals surface area contributed by atoms with Gasteiger partial charge in [-0.25, -0.2) is 4.79 Å². The molecule has 0 radical (unpaired) electrons. The Balaban J connectivity index is 0.960. The van der Waals surface area contributed by atoms with Crippen molar-refractivity contribution in [2.75, 3.05) is 14.2 Å². The number of hydrogen-bond donors (Lipinski definition) is 8. The molecule has 9 rings (SSSR count). The molecule has 20 nitrogen and oxygen atoms in total. The molecular weight excluding hydrogens is 884 g/mol. The van der Waals surface area contributed by atoms with Crippen molar-refractivity contribution in [3.05, 3.63) is 50.7 Å². The molecule has 3 aromatic carbocycles. The molecule has 5 aliphatic rings. The average Bonchev–Trinajstić information content (AvgIpc) is 3.27. The minimum absolute atomic E-state index is 0.0116. The summed E-state index contributed by atoms with van der Waals surface area (Å²) in [5.74, 6) is -3.48. The van der Waals surface area contributed by atoms with Gasteiger partial charge in [0.1, 0.15) is 70.0 Å². The van der Waals surface area contributed by atoms with Crippen molar-refractivity contribution in [2.24, 2.45) is 0 Å². The average molecular weight is 941 g/mol. The number of carbonyl (C=O) groups excluding carboxylic acids is 1. The van der Waals surface area contributed by atoms with Crippen molar-refractivity contribution < 1.29 is 92.7 Å². The number of fused-ring (bicyclic) bond motifs is 6. The standard InChI is InChI=1S/C47H56O20/c1-7-8-20-11-19-12-21-31(39(53)30(19)47(57)63-20)33-34(42(56)37(21)51)45(59-6)46-35(41(33)55)40(54)32-24(65-46)9-10-25(38(32)52)64-27-13-22(48)43(17(3)61-27)66-28-14-23(49)44(18(4)62-28)67-29-15-26(58-5)36(50)16(2)60-29/h9-10,12,16-18,20,22-23,26-29,36-37,42-44,48-53,55-56H,7-8,11,13-15H2,1-6H3/t16-,17-,18-,20?,22-,23-,26+,27+,28+,29+,36-,37?,42?,43-,44-/m1/s1. The topological polar surface area (TPSA) is 292 Å². The molecule has 4 aliphatic heterocycles. The number of cyclic esters (lactones) is 1. The van der Waals surface area contributed by atoms with Gasteiger partial charge in [0.15, 0.2) is 35.4 Å². The lowest BCUT2D eigenvalue weighted by Gasteiger charge is -2.44. The molecule has 1 aliphatic carbocycles. The fraction of sp³-hybridized carbons (Fsp3) is 0.574. The lowest BCUT2D eigenvalue weighted by molar-refractivity contribution is -0.331. The predicted molar refractivity (Wildman–Crippen MR) is 231 cm³/mol. The number of aromatic hydroxyl groups is 3. The molecule has 1 aromatic heterocycles. The number of benzene rings is 3. The van der Waals surface area contributed by atoms with Crippen molar-refractivity contribution in [3.8, 4) is 39.9 Å². The summed E-state index contributed by atoms with van der Waals surface area (Å²) in [6, 6.07) is 4.09. The third-order valence-electron chi connectivity index (χ3n) is 13.6. The second-order valence-corrected chi connectivity index (χ2v) is 18.0. The van der Waals surface area contributed by atoms with Crippen LogP contribution in [0.1, 0.15) is 99.1 Å². The number of methoxy groups -OCH3 is 2. The minimum Gasteiger partial charge on any atom is -0.506 e. The van der Waals surface area contributed by atoms with Crippen LogP contribution >= 0.6 is 0 Å². The van der Waals surface area contributed by atoms with Crippen molar-refractivity contribution in [2.45, 2.75) is 158 Å². The maximum atomic E-state index is 14.5. The van der Waals surface area contributed by atoms with Gasteiger partial charge in [-0.15, -0.1) is 0 Å². The largest absolute Gasteiger partial charge is 0.506 e. The first kappa shape index (κ1) is 47.2. The van der Waals surface area contributed by atoms with E-state index in [0.717, 1.165) is 6.42 Å². The molecule has 3 fully saturated rings. The number of aliphatic hydroxyl groups excluding tert-OH is 5. The molecule has 67 heavy (non-hydrogen) atoms.